The summed E-state index contributed by atoms with van der Waals surface area (Å²) in [4.78, 5) is 33.1. The van der Waals surface area contributed by atoms with Gasteiger partial charge in [0.15, 0.2) is 0 Å². The Morgan fingerprint density at radius 2 is 2.05 bits per heavy atom. The Kier molecular flexibility index (Phi) is 3.86. The number of urea groups is 1. The molecule has 0 radical (unpaired) electrons. The summed E-state index contributed by atoms with van der Waals surface area (Å²) in [7, 11) is 0. The summed E-state index contributed by atoms with van der Waals surface area (Å²) < 4.78 is 0.473. The van der Waals surface area contributed by atoms with E-state index in [1.54, 1.807) is 6.92 Å². The van der Waals surface area contributed by atoms with Crippen LogP contribution in [0.3, 0.4) is 0 Å². The molecule has 0 bridgehead atoms. The number of aryl methyl sites for hydroxylation is 1. The van der Waals surface area contributed by atoms with Gasteiger partial charge >= 0.3 is 12.0 Å². The number of amides is 2. The summed E-state index contributed by atoms with van der Waals surface area (Å²) in [6.07, 6.45) is 0.732. The molecule has 1 aromatic carbocycles. The van der Waals surface area contributed by atoms with E-state index in [9.17, 15) is 19.7 Å². The standard InChI is InChI=1S/C12H12BrN3O5/c1-6-4-7(13)8(5-9(6)16(20)21)14-11(19)15-12(2-3-12)10(17)18/h4-5H,2-3H2,1H3,(H,17,18)(H2,14,15,19). The van der Waals surface area contributed by atoms with E-state index in [-0.39, 0.29) is 11.4 Å². The number of hydrogen-bond donors (Lipinski definition) is 3. The van der Waals surface area contributed by atoms with E-state index in [0.29, 0.717) is 22.9 Å². The summed E-state index contributed by atoms with van der Waals surface area (Å²) in [5, 5.41) is 24.7. The van der Waals surface area contributed by atoms with Crippen molar-refractivity contribution in [1.82, 2.24) is 5.32 Å². The van der Waals surface area contributed by atoms with Gasteiger partial charge < -0.3 is 15.7 Å². The molecule has 0 heterocycles. The lowest BCUT2D eigenvalue weighted by Gasteiger charge is -2.14. The van der Waals surface area contributed by atoms with Crippen LogP contribution < -0.4 is 10.6 Å². The first-order valence-electron chi connectivity index (χ1n) is 6.02. The highest BCUT2D eigenvalue weighted by atomic mass is 79.9. The van der Waals surface area contributed by atoms with Gasteiger partial charge in [0.1, 0.15) is 5.54 Å². The van der Waals surface area contributed by atoms with E-state index in [4.69, 9.17) is 5.11 Å². The van der Waals surface area contributed by atoms with E-state index in [0.717, 1.165) is 0 Å². The van der Waals surface area contributed by atoms with Crippen LogP contribution in [0.2, 0.25) is 0 Å². The van der Waals surface area contributed by atoms with Crippen LogP contribution in [0.1, 0.15) is 18.4 Å². The van der Waals surface area contributed by atoms with Gasteiger partial charge in [0, 0.05) is 16.1 Å². The van der Waals surface area contributed by atoms with E-state index in [1.165, 1.54) is 12.1 Å². The molecule has 3 N–H and O–H groups in total. The molecule has 1 aromatic rings. The largest absolute Gasteiger partial charge is 0.480 e. The van der Waals surface area contributed by atoms with Crippen molar-refractivity contribution in [3.63, 3.8) is 0 Å². The number of anilines is 1. The second-order valence-corrected chi connectivity index (χ2v) is 5.70. The summed E-state index contributed by atoms with van der Waals surface area (Å²) in [6.45, 7) is 1.58. The minimum absolute atomic E-state index is 0.132. The van der Waals surface area contributed by atoms with Gasteiger partial charge in [0.25, 0.3) is 5.69 Å². The lowest BCUT2D eigenvalue weighted by atomic mass is 10.2. The van der Waals surface area contributed by atoms with Gasteiger partial charge in [0.05, 0.1) is 10.6 Å². The number of carbonyl (C=O) groups is 2. The first kappa shape index (κ1) is 15.2. The summed E-state index contributed by atoms with van der Waals surface area (Å²) in [5.41, 5.74) is -0.700. The number of nitro groups is 1. The number of halogens is 1. The Balaban J connectivity index is 2.16. The third-order valence-corrected chi connectivity index (χ3v) is 3.90. The van der Waals surface area contributed by atoms with Crippen molar-refractivity contribution >= 4 is 39.3 Å². The topological polar surface area (TPSA) is 122 Å². The van der Waals surface area contributed by atoms with Crippen molar-refractivity contribution in [2.75, 3.05) is 5.32 Å². The first-order chi connectivity index (χ1) is 9.75. The predicted octanol–water partition coefficient (Wildman–Crippen LogP) is 2.40. The fraction of sp³-hybridized carbons (Fsp3) is 0.333. The van der Waals surface area contributed by atoms with Gasteiger partial charge in [-0.1, -0.05) is 0 Å². The molecule has 0 unspecified atom stereocenters. The van der Waals surface area contributed by atoms with Gasteiger partial charge in [-0.2, -0.15) is 0 Å². The van der Waals surface area contributed by atoms with Crippen LogP contribution in [0.4, 0.5) is 16.2 Å². The third-order valence-electron chi connectivity index (χ3n) is 3.24. The van der Waals surface area contributed by atoms with E-state index >= 15 is 0 Å². The van der Waals surface area contributed by atoms with Crippen LogP contribution in [-0.2, 0) is 4.79 Å². The second kappa shape index (κ2) is 5.32. The molecule has 0 saturated heterocycles. The van der Waals surface area contributed by atoms with E-state index < -0.39 is 22.5 Å². The number of aliphatic carboxylic acids is 1. The highest BCUT2D eigenvalue weighted by Crippen LogP contribution is 2.36. The molecule has 2 amide bonds. The maximum Gasteiger partial charge on any atom is 0.329 e. The average Bonchev–Trinajstić information content (AvgIpc) is 3.13. The average molecular weight is 358 g/mol. The van der Waals surface area contributed by atoms with Gasteiger partial charge in [-0.25, -0.2) is 9.59 Å². The number of benzene rings is 1. The molecule has 1 saturated carbocycles. The molecule has 1 fully saturated rings. The van der Waals surface area contributed by atoms with Gasteiger partial charge in [-0.3, -0.25) is 10.1 Å². The molecule has 2 rings (SSSR count). The molecule has 9 heteroatoms. The zero-order chi connectivity index (χ0) is 15.8. The lowest BCUT2D eigenvalue weighted by molar-refractivity contribution is -0.385. The van der Waals surface area contributed by atoms with E-state index in [2.05, 4.69) is 26.6 Å². The fourth-order valence-electron chi connectivity index (χ4n) is 1.84. The van der Waals surface area contributed by atoms with Crippen LogP contribution in [0.15, 0.2) is 16.6 Å². The summed E-state index contributed by atoms with van der Waals surface area (Å²) in [6, 6.07) is 2.02. The number of nitrogens with one attached hydrogen (secondary N) is 2. The normalized spacial score (nSPS) is 15.1. The molecular formula is C12H12BrN3O5. The number of rotatable bonds is 4. The zero-order valence-corrected chi connectivity index (χ0v) is 12.6. The Hall–Kier alpha value is -2.16. The van der Waals surface area contributed by atoms with Crippen molar-refractivity contribution in [3.05, 3.63) is 32.3 Å². The quantitative estimate of drug-likeness (QED) is 0.564. The van der Waals surface area contributed by atoms with Crippen LogP contribution in [-0.4, -0.2) is 27.6 Å². The number of nitrogens with zero attached hydrogens (tertiary/aromatic N) is 1. The predicted molar refractivity (Wildman–Crippen MR) is 77.3 cm³/mol. The van der Waals surface area contributed by atoms with Crippen molar-refractivity contribution in [2.45, 2.75) is 25.3 Å². The first-order valence-corrected chi connectivity index (χ1v) is 6.81. The zero-order valence-electron chi connectivity index (χ0n) is 11.0. The minimum Gasteiger partial charge on any atom is -0.480 e. The number of hydrogen-bond acceptors (Lipinski definition) is 4. The molecule has 0 spiro atoms. The molecular weight excluding hydrogens is 346 g/mol. The molecule has 1 aliphatic carbocycles. The molecule has 0 aromatic heterocycles. The van der Waals surface area contributed by atoms with Crippen molar-refractivity contribution < 1.29 is 19.6 Å². The number of carbonyl (C=O) groups excluding carboxylic acids is 1. The molecule has 1 aliphatic rings. The Morgan fingerprint density at radius 1 is 1.43 bits per heavy atom. The second-order valence-electron chi connectivity index (χ2n) is 4.84. The number of carboxylic acid groups (broad SMARTS) is 1. The fourth-order valence-corrected chi connectivity index (χ4v) is 2.40. The molecule has 8 nitrogen and oxygen atoms in total. The highest BCUT2D eigenvalue weighted by molar-refractivity contribution is 9.10. The number of carboxylic acids is 1. The Bertz CT molecular complexity index is 642. The maximum atomic E-state index is 11.8. The number of nitro benzene ring substituents is 1. The van der Waals surface area contributed by atoms with Crippen molar-refractivity contribution in [3.8, 4) is 0 Å². The SMILES string of the molecule is Cc1cc(Br)c(NC(=O)NC2(C(=O)O)CC2)cc1[N+](=O)[O-]. The maximum absolute atomic E-state index is 11.8. The van der Waals surface area contributed by atoms with Crippen LogP contribution >= 0.6 is 15.9 Å². The van der Waals surface area contributed by atoms with Gasteiger partial charge in [0.2, 0.25) is 0 Å². The van der Waals surface area contributed by atoms with Crippen LogP contribution in [0.25, 0.3) is 0 Å². The molecule has 0 aliphatic heterocycles. The Labute approximate surface area is 127 Å². The lowest BCUT2D eigenvalue weighted by Crippen LogP contribution is -2.45. The van der Waals surface area contributed by atoms with Crippen molar-refractivity contribution in [1.29, 1.82) is 0 Å². The van der Waals surface area contributed by atoms with Gasteiger partial charge in [-0.05, 0) is 41.8 Å². The molecule has 0 atom stereocenters. The highest BCUT2D eigenvalue weighted by Gasteiger charge is 2.51. The smallest absolute Gasteiger partial charge is 0.329 e. The summed E-state index contributed by atoms with van der Waals surface area (Å²) >= 11 is 3.20. The van der Waals surface area contributed by atoms with Gasteiger partial charge in [-0.15, -0.1) is 0 Å². The molecule has 21 heavy (non-hydrogen) atoms. The Morgan fingerprint density at radius 3 is 2.52 bits per heavy atom. The van der Waals surface area contributed by atoms with Crippen LogP contribution in [0, 0.1) is 17.0 Å². The molecule has 112 valence electrons. The van der Waals surface area contributed by atoms with Crippen molar-refractivity contribution in [2.24, 2.45) is 0 Å². The monoisotopic (exact) mass is 357 g/mol. The van der Waals surface area contributed by atoms with E-state index in [1.807, 2.05) is 0 Å². The third kappa shape index (κ3) is 3.13. The summed E-state index contributed by atoms with van der Waals surface area (Å²) in [5.74, 6) is -1.09. The van der Waals surface area contributed by atoms with Crippen LogP contribution in [0.5, 0.6) is 0 Å². The minimum atomic E-state index is -1.22.